The lowest BCUT2D eigenvalue weighted by Gasteiger charge is -2.10. The van der Waals surface area contributed by atoms with Crippen LogP contribution in [-0.2, 0) is 4.74 Å². The number of amides is 1. The average Bonchev–Trinajstić information content (AvgIpc) is 2.74. The van der Waals surface area contributed by atoms with Gasteiger partial charge in [0.15, 0.2) is 0 Å². The maximum atomic E-state index is 11.8. The Labute approximate surface area is 108 Å². The zero-order valence-electron chi connectivity index (χ0n) is 9.00. The summed E-state index contributed by atoms with van der Waals surface area (Å²) in [5.41, 5.74) is 1.36. The smallest absolute Gasteiger partial charge is 0.270 e. The molecule has 86 valence electrons. The molecule has 2 heterocycles. The van der Waals surface area contributed by atoms with E-state index in [2.05, 4.69) is 32.9 Å². The highest BCUT2D eigenvalue weighted by Gasteiger charge is 2.19. The van der Waals surface area contributed by atoms with Crippen molar-refractivity contribution < 1.29 is 9.53 Å². The fourth-order valence-corrected chi connectivity index (χ4v) is 1.88. The SMILES string of the molecule is Cc1nc(C(=O)NC2CCOC2)ccc1I. The van der Waals surface area contributed by atoms with Crippen molar-refractivity contribution in [2.75, 3.05) is 13.2 Å². The standard InChI is InChI=1S/C11H13IN2O2/c1-7-9(12)2-3-10(13-7)11(15)14-8-4-5-16-6-8/h2-3,8H,4-6H2,1H3,(H,14,15). The summed E-state index contributed by atoms with van der Waals surface area (Å²) < 4.78 is 6.27. The van der Waals surface area contributed by atoms with Gasteiger partial charge in [-0.3, -0.25) is 4.79 Å². The molecule has 1 aromatic heterocycles. The molecule has 0 radical (unpaired) electrons. The normalized spacial score (nSPS) is 19.8. The second-order valence-corrected chi connectivity index (χ2v) is 4.96. The molecule has 0 bridgehead atoms. The molecular weight excluding hydrogens is 319 g/mol. The van der Waals surface area contributed by atoms with Crippen LogP contribution in [0.4, 0.5) is 0 Å². The Morgan fingerprint density at radius 2 is 2.44 bits per heavy atom. The first kappa shape index (κ1) is 11.8. The first-order valence-electron chi connectivity index (χ1n) is 5.18. The zero-order chi connectivity index (χ0) is 11.5. The fraction of sp³-hybridized carbons (Fsp3) is 0.455. The number of nitrogens with zero attached hydrogens (tertiary/aromatic N) is 1. The van der Waals surface area contributed by atoms with Crippen molar-refractivity contribution in [2.24, 2.45) is 0 Å². The summed E-state index contributed by atoms with van der Waals surface area (Å²) in [7, 11) is 0. The monoisotopic (exact) mass is 332 g/mol. The summed E-state index contributed by atoms with van der Waals surface area (Å²) in [4.78, 5) is 16.1. The van der Waals surface area contributed by atoms with E-state index in [0.29, 0.717) is 12.3 Å². The average molecular weight is 332 g/mol. The predicted octanol–water partition coefficient (Wildman–Crippen LogP) is 1.51. The van der Waals surface area contributed by atoms with E-state index in [1.54, 1.807) is 6.07 Å². The number of aryl methyl sites for hydroxylation is 1. The summed E-state index contributed by atoms with van der Waals surface area (Å²) in [5, 5.41) is 2.91. The van der Waals surface area contributed by atoms with E-state index in [1.165, 1.54) is 0 Å². The van der Waals surface area contributed by atoms with Crippen LogP contribution in [0, 0.1) is 10.5 Å². The third kappa shape index (κ3) is 2.70. The summed E-state index contributed by atoms with van der Waals surface area (Å²) in [6, 6.07) is 3.79. The van der Waals surface area contributed by atoms with E-state index in [1.807, 2.05) is 13.0 Å². The van der Waals surface area contributed by atoms with Gasteiger partial charge in [-0.05, 0) is 48.1 Å². The van der Waals surface area contributed by atoms with Gasteiger partial charge in [0.05, 0.1) is 18.3 Å². The highest BCUT2D eigenvalue weighted by molar-refractivity contribution is 14.1. The Hall–Kier alpha value is -0.690. The number of ether oxygens (including phenoxy) is 1. The van der Waals surface area contributed by atoms with Crippen LogP contribution in [0.1, 0.15) is 22.6 Å². The number of aromatic nitrogens is 1. The minimum Gasteiger partial charge on any atom is -0.379 e. The van der Waals surface area contributed by atoms with E-state index >= 15 is 0 Å². The first-order chi connectivity index (χ1) is 7.66. The molecule has 16 heavy (non-hydrogen) atoms. The molecule has 1 amide bonds. The number of rotatable bonds is 2. The highest BCUT2D eigenvalue weighted by Crippen LogP contribution is 2.10. The van der Waals surface area contributed by atoms with E-state index in [0.717, 1.165) is 22.3 Å². The van der Waals surface area contributed by atoms with Gasteiger partial charge in [0, 0.05) is 10.2 Å². The van der Waals surface area contributed by atoms with E-state index in [4.69, 9.17) is 4.74 Å². The quantitative estimate of drug-likeness (QED) is 0.836. The van der Waals surface area contributed by atoms with Crippen LogP contribution in [0.5, 0.6) is 0 Å². The summed E-state index contributed by atoms with van der Waals surface area (Å²) in [5.74, 6) is -0.116. The Kier molecular flexibility index (Phi) is 3.75. The van der Waals surface area contributed by atoms with Gasteiger partial charge >= 0.3 is 0 Å². The predicted molar refractivity (Wildman–Crippen MR) is 68.4 cm³/mol. The molecule has 1 aliphatic rings. The minimum atomic E-state index is -0.116. The number of pyridine rings is 1. The topological polar surface area (TPSA) is 51.2 Å². The molecule has 1 N–H and O–H groups in total. The van der Waals surface area contributed by atoms with Crippen molar-refractivity contribution in [2.45, 2.75) is 19.4 Å². The van der Waals surface area contributed by atoms with Gasteiger partial charge in [-0.2, -0.15) is 0 Å². The lowest BCUT2D eigenvalue weighted by atomic mass is 10.2. The zero-order valence-corrected chi connectivity index (χ0v) is 11.2. The molecular formula is C11H13IN2O2. The van der Waals surface area contributed by atoms with Gasteiger partial charge in [-0.1, -0.05) is 0 Å². The van der Waals surface area contributed by atoms with Gasteiger partial charge < -0.3 is 10.1 Å². The van der Waals surface area contributed by atoms with Crippen LogP contribution in [0.2, 0.25) is 0 Å². The first-order valence-corrected chi connectivity index (χ1v) is 6.26. The molecule has 1 atom stereocenters. The number of carbonyl (C=O) groups is 1. The van der Waals surface area contributed by atoms with Gasteiger partial charge in [0.2, 0.25) is 0 Å². The van der Waals surface area contributed by atoms with E-state index in [-0.39, 0.29) is 11.9 Å². The summed E-state index contributed by atoms with van der Waals surface area (Å²) in [6.45, 7) is 3.23. The lowest BCUT2D eigenvalue weighted by Crippen LogP contribution is -2.35. The van der Waals surface area contributed by atoms with Crippen molar-refractivity contribution in [1.82, 2.24) is 10.3 Å². The van der Waals surface area contributed by atoms with Crippen LogP contribution in [0.3, 0.4) is 0 Å². The Bertz CT molecular complexity index is 403. The van der Waals surface area contributed by atoms with Gasteiger partial charge in [-0.15, -0.1) is 0 Å². The third-order valence-corrected chi connectivity index (χ3v) is 3.66. The van der Waals surface area contributed by atoms with Crippen LogP contribution in [-0.4, -0.2) is 30.1 Å². The fourth-order valence-electron chi connectivity index (χ4n) is 1.58. The van der Waals surface area contributed by atoms with Crippen LogP contribution in [0.25, 0.3) is 0 Å². The number of carbonyl (C=O) groups excluding carboxylic acids is 1. The highest BCUT2D eigenvalue weighted by atomic mass is 127. The lowest BCUT2D eigenvalue weighted by molar-refractivity contribution is 0.0924. The maximum absolute atomic E-state index is 11.8. The Morgan fingerprint density at radius 1 is 1.62 bits per heavy atom. The van der Waals surface area contributed by atoms with Crippen molar-refractivity contribution in [3.05, 3.63) is 27.1 Å². The van der Waals surface area contributed by atoms with Crippen molar-refractivity contribution in [1.29, 1.82) is 0 Å². The second-order valence-electron chi connectivity index (χ2n) is 3.80. The molecule has 1 fully saturated rings. The summed E-state index contributed by atoms with van der Waals surface area (Å²) in [6.07, 6.45) is 0.884. The van der Waals surface area contributed by atoms with Crippen molar-refractivity contribution in [3.63, 3.8) is 0 Å². The van der Waals surface area contributed by atoms with E-state index in [9.17, 15) is 4.79 Å². The van der Waals surface area contributed by atoms with Gasteiger partial charge in [0.25, 0.3) is 5.91 Å². The minimum absolute atomic E-state index is 0.116. The molecule has 1 unspecified atom stereocenters. The molecule has 1 aliphatic heterocycles. The molecule has 0 aliphatic carbocycles. The van der Waals surface area contributed by atoms with Crippen molar-refractivity contribution >= 4 is 28.5 Å². The van der Waals surface area contributed by atoms with E-state index < -0.39 is 0 Å². The number of nitrogens with one attached hydrogen (secondary N) is 1. The molecule has 0 spiro atoms. The van der Waals surface area contributed by atoms with Crippen LogP contribution >= 0.6 is 22.6 Å². The molecule has 4 nitrogen and oxygen atoms in total. The largest absolute Gasteiger partial charge is 0.379 e. The van der Waals surface area contributed by atoms with Gasteiger partial charge in [0.1, 0.15) is 5.69 Å². The summed E-state index contributed by atoms with van der Waals surface area (Å²) >= 11 is 2.20. The molecule has 1 saturated heterocycles. The second kappa shape index (κ2) is 5.09. The third-order valence-electron chi connectivity index (χ3n) is 2.52. The Balaban J connectivity index is 2.05. The van der Waals surface area contributed by atoms with Gasteiger partial charge in [-0.25, -0.2) is 4.98 Å². The van der Waals surface area contributed by atoms with Crippen molar-refractivity contribution in [3.8, 4) is 0 Å². The van der Waals surface area contributed by atoms with Crippen LogP contribution < -0.4 is 5.32 Å². The molecule has 1 aromatic rings. The van der Waals surface area contributed by atoms with Crippen LogP contribution in [0.15, 0.2) is 12.1 Å². The number of hydrogen-bond donors (Lipinski definition) is 1. The Morgan fingerprint density at radius 3 is 3.06 bits per heavy atom. The molecule has 0 saturated carbocycles. The number of halogens is 1. The molecule has 2 rings (SSSR count). The molecule has 0 aromatic carbocycles. The maximum Gasteiger partial charge on any atom is 0.270 e. The molecule has 5 heteroatoms. The number of hydrogen-bond acceptors (Lipinski definition) is 3.